The van der Waals surface area contributed by atoms with Crippen LogP contribution in [0.5, 0.6) is 5.75 Å². The van der Waals surface area contributed by atoms with Crippen molar-refractivity contribution in [3.8, 4) is 5.75 Å². The van der Waals surface area contributed by atoms with Crippen LogP contribution in [0.1, 0.15) is 69.4 Å². The number of aliphatic hydroxyl groups is 1. The smallest absolute Gasteiger partial charge is 0.179 e. The van der Waals surface area contributed by atoms with Gasteiger partial charge in [0.1, 0.15) is 12.4 Å². The topological polar surface area (TPSA) is 85.3 Å². The van der Waals surface area contributed by atoms with Gasteiger partial charge in [0.15, 0.2) is 9.84 Å². The lowest BCUT2D eigenvalue weighted by molar-refractivity contribution is 0.0127. The van der Waals surface area contributed by atoms with Crippen molar-refractivity contribution in [3.63, 3.8) is 0 Å². The van der Waals surface area contributed by atoms with E-state index in [9.17, 15) is 13.5 Å². The molecule has 0 unspecified atom stereocenters. The molecule has 0 spiro atoms. The molecule has 1 aliphatic rings. The molecule has 0 amide bonds. The second kappa shape index (κ2) is 16.4. The summed E-state index contributed by atoms with van der Waals surface area (Å²) >= 11 is 2.28. The van der Waals surface area contributed by atoms with E-state index < -0.39 is 27.3 Å². The Labute approximate surface area is 261 Å². The van der Waals surface area contributed by atoms with Gasteiger partial charge in [0.05, 0.1) is 43.2 Å². The molecular weight excluding hydrogens is 653 g/mol. The highest BCUT2D eigenvalue weighted by molar-refractivity contribution is 14.1. The molecule has 1 heterocycles. The number of hydrogen-bond donors (Lipinski definition) is 1. The predicted octanol–water partition coefficient (Wildman–Crippen LogP) is 6.25. The summed E-state index contributed by atoms with van der Waals surface area (Å²) < 4.78 is 45.8. The normalized spacial score (nSPS) is 19.4. The average molecular weight is 702 g/mol. The first kappa shape index (κ1) is 34.1. The van der Waals surface area contributed by atoms with E-state index in [1.807, 2.05) is 55.4 Å². The summed E-state index contributed by atoms with van der Waals surface area (Å²) in [6.07, 6.45) is 4.17. The quantitative estimate of drug-likeness (QED) is 0.119. The number of halogens is 1. The fourth-order valence-corrected chi connectivity index (χ4v) is 8.26. The molecule has 2 aromatic carbocycles. The SMILES string of the molecule is CCCCC1(CCCC)CS(=O)(=O)c2ccc(N(C)C)cc2[C@@H](c2ccc(OCCOCCOCCI)cc2)[C@H]1O. The molecule has 0 saturated carbocycles. The van der Waals surface area contributed by atoms with Crippen molar-refractivity contribution >= 4 is 38.1 Å². The number of nitrogens with zero attached hydrogens (tertiary/aromatic N) is 1. The minimum Gasteiger partial charge on any atom is -0.491 e. The van der Waals surface area contributed by atoms with E-state index in [0.29, 0.717) is 55.5 Å². The minimum atomic E-state index is -3.62. The lowest BCUT2D eigenvalue weighted by Crippen LogP contribution is -2.43. The molecule has 0 bridgehead atoms. The fourth-order valence-electron chi connectivity index (χ4n) is 5.76. The van der Waals surface area contributed by atoms with Gasteiger partial charge in [-0.25, -0.2) is 8.42 Å². The summed E-state index contributed by atoms with van der Waals surface area (Å²) in [6, 6.07) is 13.3. The van der Waals surface area contributed by atoms with Crippen molar-refractivity contribution < 1.29 is 27.7 Å². The van der Waals surface area contributed by atoms with Gasteiger partial charge in [-0.3, -0.25) is 0 Å². The van der Waals surface area contributed by atoms with Crippen LogP contribution in [0, 0.1) is 5.41 Å². The maximum absolute atomic E-state index is 14.0. The van der Waals surface area contributed by atoms with Gasteiger partial charge >= 0.3 is 0 Å². The third-order valence-electron chi connectivity index (χ3n) is 7.99. The second-order valence-electron chi connectivity index (χ2n) is 11.2. The summed E-state index contributed by atoms with van der Waals surface area (Å²) in [6.45, 7) is 6.96. The van der Waals surface area contributed by atoms with Crippen LogP contribution in [0.4, 0.5) is 5.69 Å². The first-order valence-electron chi connectivity index (χ1n) is 14.9. The Morgan fingerprint density at radius 2 is 1.54 bits per heavy atom. The maximum Gasteiger partial charge on any atom is 0.179 e. The zero-order valence-corrected chi connectivity index (χ0v) is 28.1. The maximum atomic E-state index is 14.0. The number of hydrogen-bond acceptors (Lipinski definition) is 7. The Bertz CT molecular complexity index is 1160. The van der Waals surface area contributed by atoms with E-state index in [2.05, 4.69) is 36.4 Å². The number of ether oxygens (including phenoxy) is 3. The van der Waals surface area contributed by atoms with Crippen LogP contribution in [-0.4, -0.2) is 76.9 Å². The van der Waals surface area contributed by atoms with Crippen molar-refractivity contribution in [3.05, 3.63) is 53.6 Å². The molecule has 0 aliphatic carbocycles. The zero-order chi connectivity index (χ0) is 29.9. The summed E-state index contributed by atoms with van der Waals surface area (Å²) in [5.74, 6) is 0.201. The van der Waals surface area contributed by atoms with Crippen LogP contribution in [0.15, 0.2) is 47.4 Å². The lowest BCUT2D eigenvalue weighted by atomic mass is 9.68. The molecule has 41 heavy (non-hydrogen) atoms. The highest BCUT2D eigenvalue weighted by atomic mass is 127. The zero-order valence-electron chi connectivity index (χ0n) is 25.1. The van der Waals surface area contributed by atoms with Gasteiger partial charge in [-0.05, 0) is 54.3 Å². The molecule has 2 atom stereocenters. The third kappa shape index (κ3) is 9.05. The molecule has 0 radical (unpaired) electrons. The lowest BCUT2D eigenvalue weighted by Gasteiger charge is -2.40. The summed E-state index contributed by atoms with van der Waals surface area (Å²) in [5, 5.41) is 12.3. The molecule has 1 N–H and O–H groups in total. The van der Waals surface area contributed by atoms with Gasteiger partial charge in [-0.2, -0.15) is 0 Å². The molecule has 0 fully saturated rings. The number of anilines is 1. The number of fused-ring (bicyclic) bond motifs is 1. The largest absolute Gasteiger partial charge is 0.491 e. The Morgan fingerprint density at radius 3 is 2.12 bits per heavy atom. The van der Waals surface area contributed by atoms with Crippen molar-refractivity contribution in [2.45, 2.75) is 69.3 Å². The van der Waals surface area contributed by atoms with E-state index in [1.165, 1.54) is 0 Å². The molecule has 0 saturated heterocycles. The van der Waals surface area contributed by atoms with Gasteiger partial charge in [0.25, 0.3) is 0 Å². The molecule has 9 heteroatoms. The number of sulfone groups is 1. The number of rotatable bonds is 17. The standard InChI is InChI=1S/C32H48INO6S/c1-5-7-15-32(16-8-6-2)24-41(36,37)29-14-11-26(34(3)4)23-28(29)30(31(32)35)25-9-12-27(13-10-25)40-22-21-39-20-19-38-18-17-33/h9-14,23,30-31,35H,5-8,15-22,24H2,1-4H3/t30-,31-/m1/s1. The summed E-state index contributed by atoms with van der Waals surface area (Å²) in [7, 11) is 0.264. The van der Waals surface area contributed by atoms with Crippen molar-refractivity contribution in [1.29, 1.82) is 0 Å². The summed E-state index contributed by atoms with van der Waals surface area (Å²) in [4.78, 5) is 2.30. The highest BCUT2D eigenvalue weighted by Gasteiger charge is 2.49. The van der Waals surface area contributed by atoms with Crippen LogP contribution in [0.3, 0.4) is 0 Å². The highest BCUT2D eigenvalue weighted by Crippen LogP contribution is 2.50. The molecular formula is C32H48INO6S. The van der Waals surface area contributed by atoms with Crippen molar-refractivity contribution in [1.82, 2.24) is 0 Å². The van der Waals surface area contributed by atoms with Gasteiger partial charge in [-0.1, -0.05) is 74.3 Å². The van der Waals surface area contributed by atoms with E-state index in [0.717, 1.165) is 48.0 Å². The molecule has 3 rings (SSSR count). The Morgan fingerprint density at radius 1 is 0.927 bits per heavy atom. The molecule has 2 aromatic rings. The van der Waals surface area contributed by atoms with Crippen molar-refractivity contribution in [2.75, 3.05) is 62.2 Å². The monoisotopic (exact) mass is 701 g/mol. The number of aliphatic hydroxyl groups excluding tert-OH is 1. The number of benzene rings is 2. The predicted molar refractivity (Wildman–Crippen MR) is 175 cm³/mol. The second-order valence-corrected chi connectivity index (χ2v) is 14.2. The van der Waals surface area contributed by atoms with Crippen molar-refractivity contribution in [2.24, 2.45) is 5.41 Å². The average Bonchev–Trinajstić information content (AvgIpc) is 3.03. The Hall–Kier alpha value is -1.40. The fraction of sp³-hybridized carbons (Fsp3) is 0.625. The molecule has 1 aliphatic heterocycles. The van der Waals surface area contributed by atoms with Crippen LogP contribution in [0.25, 0.3) is 0 Å². The van der Waals surface area contributed by atoms with E-state index >= 15 is 0 Å². The van der Waals surface area contributed by atoms with Crippen LogP contribution < -0.4 is 9.64 Å². The number of unbranched alkanes of at least 4 members (excludes halogenated alkanes) is 2. The van der Waals surface area contributed by atoms with Gasteiger partial charge in [0.2, 0.25) is 0 Å². The van der Waals surface area contributed by atoms with E-state index in [1.54, 1.807) is 6.07 Å². The molecule has 0 aromatic heterocycles. The third-order valence-corrected chi connectivity index (χ3v) is 10.4. The minimum absolute atomic E-state index is 0.0315. The van der Waals surface area contributed by atoms with Gasteiger partial charge in [0, 0.05) is 35.5 Å². The molecule has 7 nitrogen and oxygen atoms in total. The van der Waals surface area contributed by atoms with Gasteiger partial charge in [-0.15, -0.1) is 0 Å². The first-order valence-corrected chi connectivity index (χ1v) is 18.0. The summed E-state index contributed by atoms with van der Waals surface area (Å²) in [5.41, 5.74) is 1.75. The Kier molecular flexibility index (Phi) is 13.7. The van der Waals surface area contributed by atoms with Crippen LogP contribution in [0.2, 0.25) is 0 Å². The van der Waals surface area contributed by atoms with Gasteiger partial charge < -0.3 is 24.2 Å². The first-order chi connectivity index (χ1) is 19.7. The Balaban J connectivity index is 1.94. The molecule has 230 valence electrons. The van der Waals surface area contributed by atoms with Crippen LogP contribution >= 0.6 is 22.6 Å². The van der Waals surface area contributed by atoms with E-state index in [-0.39, 0.29) is 5.75 Å². The van der Waals surface area contributed by atoms with E-state index in [4.69, 9.17) is 14.2 Å². The number of alkyl halides is 1. The van der Waals surface area contributed by atoms with Crippen LogP contribution in [-0.2, 0) is 19.3 Å².